The molecule has 3 aromatic rings. The molecule has 1 unspecified atom stereocenters. The molecule has 3 aliphatic rings. The highest BCUT2D eigenvalue weighted by Crippen LogP contribution is 2.34. The molecule has 0 spiro atoms. The molecule has 43 heavy (non-hydrogen) atoms. The minimum atomic E-state index is -0.963. The van der Waals surface area contributed by atoms with Gasteiger partial charge in [0.2, 0.25) is 11.8 Å². The van der Waals surface area contributed by atoms with Crippen molar-refractivity contribution in [1.82, 2.24) is 20.2 Å². The van der Waals surface area contributed by atoms with E-state index in [1.165, 1.54) is 0 Å². The molecule has 2 fully saturated rings. The molecular formula is C33H36N6O4. The van der Waals surface area contributed by atoms with E-state index in [-0.39, 0.29) is 29.9 Å². The summed E-state index contributed by atoms with van der Waals surface area (Å²) in [5, 5.41) is 5.67. The summed E-state index contributed by atoms with van der Waals surface area (Å²) in [5.41, 5.74) is 11.3. The predicted octanol–water partition coefficient (Wildman–Crippen LogP) is 4.17. The Labute approximate surface area is 249 Å². The number of nitrogens with two attached hydrogens (primary N) is 1. The zero-order chi connectivity index (χ0) is 30.1. The van der Waals surface area contributed by atoms with E-state index in [4.69, 9.17) is 5.73 Å². The lowest BCUT2D eigenvalue weighted by atomic mass is 9.79. The maximum Gasteiger partial charge on any atom is 0.262 e. The first-order valence-electron chi connectivity index (χ1n) is 14.9. The predicted molar refractivity (Wildman–Crippen MR) is 164 cm³/mol. The van der Waals surface area contributed by atoms with Crippen LogP contribution in [0.3, 0.4) is 0 Å². The first-order chi connectivity index (χ1) is 20.8. The number of hydrogen-bond donors (Lipinski definition) is 4. The van der Waals surface area contributed by atoms with Crippen molar-refractivity contribution in [3.05, 3.63) is 77.6 Å². The highest BCUT2D eigenvalue weighted by atomic mass is 16.2. The molecule has 6 rings (SSSR count). The van der Waals surface area contributed by atoms with Crippen molar-refractivity contribution in [3.8, 4) is 0 Å². The highest BCUT2D eigenvalue weighted by Gasteiger charge is 2.44. The van der Waals surface area contributed by atoms with Gasteiger partial charge in [-0.15, -0.1) is 0 Å². The van der Waals surface area contributed by atoms with Crippen LogP contribution >= 0.6 is 0 Å². The van der Waals surface area contributed by atoms with E-state index >= 15 is 0 Å². The molecule has 1 saturated heterocycles. The maximum absolute atomic E-state index is 13.1. The Morgan fingerprint density at radius 1 is 1.00 bits per heavy atom. The Morgan fingerprint density at radius 2 is 1.74 bits per heavy atom. The van der Waals surface area contributed by atoms with Gasteiger partial charge in [0.25, 0.3) is 11.8 Å². The SMILES string of the molecule is C=C(/C=C(\CN)c1nc2ccccc2[nH]1)CC1CCC(CNc2ccc3c(c2)C(=O)N(C2CCC(=O)NC2=O)C3=O)CC1. The van der Waals surface area contributed by atoms with Gasteiger partial charge in [-0.05, 0) is 80.7 Å². The third-order valence-electron chi connectivity index (χ3n) is 8.84. The van der Waals surface area contributed by atoms with Crippen LogP contribution in [0.2, 0.25) is 0 Å². The number of allylic oxidation sites excluding steroid dienone is 2. The average molecular weight is 581 g/mol. The van der Waals surface area contributed by atoms with Gasteiger partial charge in [-0.25, -0.2) is 4.98 Å². The fraction of sp³-hybridized carbons (Fsp3) is 0.364. The summed E-state index contributed by atoms with van der Waals surface area (Å²) in [6.45, 7) is 5.47. The molecule has 0 radical (unpaired) electrons. The number of hydrogen-bond acceptors (Lipinski definition) is 7. The maximum atomic E-state index is 13.1. The zero-order valence-electron chi connectivity index (χ0n) is 24.0. The number of imidazole rings is 1. The van der Waals surface area contributed by atoms with Crippen LogP contribution in [0.25, 0.3) is 16.6 Å². The second-order valence-corrected chi connectivity index (χ2v) is 11.8. The lowest BCUT2D eigenvalue weighted by molar-refractivity contribution is -0.136. The molecule has 5 N–H and O–H groups in total. The van der Waals surface area contributed by atoms with E-state index in [1.807, 2.05) is 24.3 Å². The van der Waals surface area contributed by atoms with Crippen LogP contribution in [0.5, 0.6) is 0 Å². The van der Waals surface area contributed by atoms with Crippen LogP contribution in [-0.4, -0.2) is 57.6 Å². The molecular weight excluding hydrogens is 544 g/mol. The van der Waals surface area contributed by atoms with Crippen molar-refractivity contribution in [1.29, 1.82) is 0 Å². The van der Waals surface area contributed by atoms with Crippen molar-refractivity contribution >= 4 is 45.9 Å². The molecule has 3 heterocycles. The molecule has 1 aliphatic carbocycles. The van der Waals surface area contributed by atoms with Crippen LogP contribution < -0.4 is 16.4 Å². The first kappa shape index (κ1) is 28.5. The molecule has 1 saturated carbocycles. The average Bonchev–Trinajstić information content (AvgIpc) is 3.54. The topological polar surface area (TPSA) is 150 Å². The van der Waals surface area contributed by atoms with Crippen LogP contribution in [0, 0.1) is 11.8 Å². The van der Waals surface area contributed by atoms with Gasteiger partial charge in [0, 0.05) is 30.8 Å². The number of imide groups is 2. The minimum absolute atomic E-state index is 0.0981. The number of para-hydroxylation sites is 2. The summed E-state index contributed by atoms with van der Waals surface area (Å²) >= 11 is 0. The summed E-state index contributed by atoms with van der Waals surface area (Å²) < 4.78 is 0. The van der Waals surface area contributed by atoms with Crippen molar-refractivity contribution < 1.29 is 19.2 Å². The van der Waals surface area contributed by atoms with Crippen LogP contribution in [0.1, 0.15) is 71.5 Å². The Kier molecular flexibility index (Phi) is 7.94. The number of anilines is 1. The van der Waals surface area contributed by atoms with Crippen LogP contribution in [0.4, 0.5) is 5.69 Å². The largest absolute Gasteiger partial charge is 0.385 e. The van der Waals surface area contributed by atoms with Crippen molar-refractivity contribution in [3.63, 3.8) is 0 Å². The number of carbonyl (C=O) groups is 4. The van der Waals surface area contributed by atoms with Crippen LogP contribution in [-0.2, 0) is 9.59 Å². The van der Waals surface area contributed by atoms with E-state index in [9.17, 15) is 19.2 Å². The summed E-state index contributed by atoms with van der Waals surface area (Å²) in [6, 6.07) is 12.1. The third kappa shape index (κ3) is 5.87. The van der Waals surface area contributed by atoms with Gasteiger partial charge in [0.1, 0.15) is 11.9 Å². The molecule has 1 atom stereocenters. The fourth-order valence-corrected chi connectivity index (χ4v) is 6.49. The number of aromatic nitrogens is 2. The smallest absolute Gasteiger partial charge is 0.262 e. The Balaban J connectivity index is 1.00. The van der Waals surface area contributed by atoms with Crippen molar-refractivity contribution in [2.75, 3.05) is 18.4 Å². The monoisotopic (exact) mass is 580 g/mol. The Hall–Kier alpha value is -4.57. The molecule has 4 amide bonds. The number of benzene rings is 2. The number of rotatable bonds is 9. The van der Waals surface area contributed by atoms with Crippen LogP contribution in [0.15, 0.2) is 60.7 Å². The number of nitrogens with one attached hydrogen (secondary N) is 3. The lowest BCUT2D eigenvalue weighted by Crippen LogP contribution is -2.54. The van der Waals surface area contributed by atoms with Gasteiger partial charge in [0.15, 0.2) is 0 Å². The highest BCUT2D eigenvalue weighted by molar-refractivity contribution is 6.23. The second kappa shape index (κ2) is 12.0. The number of nitrogens with zero attached hydrogens (tertiary/aromatic N) is 2. The molecule has 10 heteroatoms. The molecule has 2 aliphatic heterocycles. The minimum Gasteiger partial charge on any atom is -0.385 e. The van der Waals surface area contributed by atoms with E-state index in [1.54, 1.807) is 18.2 Å². The summed E-state index contributed by atoms with van der Waals surface area (Å²) in [7, 11) is 0. The number of fused-ring (bicyclic) bond motifs is 2. The van der Waals surface area contributed by atoms with Gasteiger partial charge in [-0.2, -0.15) is 0 Å². The van der Waals surface area contributed by atoms with Gasteiger partial charge < -0.3 is 16.0 Å². The molecule has 10 nitrogen and oxygen atoms in total. The molecule has 222 valence electrons. The second-order valence-electron chi connectivity index (χ2n) is 11.8. The van der Waals surface area contributed by atoms with E-state index < -0.39 is 23.8 Å². The van der Waals surface area contributed by atoms with Gasteiger partial charge >= 0.3 is 0 Å². The number of H-pyrrole nitrogens is 1. The van der Waals surface area contributed by atoms with Gasteiger partial charge in [0.05, 0.1) is 22.2 Å². The van der Waals surface area contributed by atoms with Crippen molar-refractivity contribution in [2.24, 2.45) is 17.6 Å². The standard InChI is InChI=1S/C33H36N6O4/c1-19(15-22(17-34)30-36-26-4-2-3-5-27(26)37-30)14-20-6-8-21(9-7-20)18-35-23-10-11-24-25(16-23)33(43)39(32(24)42)28-12-13-29(40)38-31(28)41/h2-5,10-11,15-16,20-21,28,35H,1,6-9,12-14,17-18,34H2,(H,36,37)(H,38,40,41)/b22-15+. The summed E-state index contributed by atoms with van der Waals surface area (Å²) in [6.07, 6.45) is 7.64. The third-order valence-corrected chi connectivity index (χ3v) is 8.84. The lowest BCUT2D eigenvalue weighted by Gasteiger charge is -2.29. The number of aromatic amines is 1. The quantitative estimate of drug-likeness (QED) is 0.219. The Bertz CT molecular complexity index is 1610. The number of carbonyl (C=O) groups excluding carboxylic acids is 4. The van der Waals surface area contributed by atoms with Gasteiger partial charge in [-0.1, -0.05) is 30.4 Å². The summed E-state index contributed by atoms with van der Waals surface area (Å²) in [4.78, 5) is 58.9. The van der Waals surface area contributed by atoms with Crippen molar-refractivity contribution in [2.45, 2.75) is 51.0 Å². The Morgan fingerprint density at radius 3 is 2.49 bits per heavy atom. The van der Waals surface area contributed by atoms with E-state index in [2.05, 4.69) is 33.3 Å². The van der Waals surface area contributed by atoms with E-state index in [0.29, 0.717) is 18.4 Å². The summed E-state index contributed by atoms with van der Waals surface area (Å²) in [5.74, 6) is -0.124. The number of piperidine rings is 1. The zero-order valence-corrected chi connectivity index (χ0v) is 24.0. The molecule has 1 aromatic heterocycles. The normalized spacial score (nSPS) is 22.6. The number of amides is 4. The first-order valence-corrected chi connectivity index (χ1v) is 14.9. The molecule has 0 bridgehead atoms. The van der Waals surface area contributed by atoms with Gasteiger partial charge in [-0.3, -0.25) is 29.4 Å². The van der Waals surface area contributed by atoms with E-state index in [0.717, 1.165) is 77.2 Å². The fourth-order valence-electron chi connectivity index (χ4n) is 6.49. The molecule has 2 aromatic carbocycles.